The third kappa shape index (κ3) is 4.08. The summed E-state index contributed by atoms with van der Waals surface area (Å²) in [5.74, 6) is 0.210. The number of nitrogens with zero attached hydrogens (tertiary/aromatic N) is 1. The summed E-state index contributed by atoms with van der Waals surface area (Å²) in [6.45, 7) is 2.34. The second-order valence-electron chi connectivity index (χ2n) is 5.60. The summed E-state index contributed by atoms with van der Waals surface area (Å²) in [7, 11) is 0. The number of carbonyl (C=O) groups is 1. The van der Waals surface area contributed by atoms with Crippen molar-refractivity contribution in [3.8, 4) is 5.75 Å². The van der Waals surface area contributed by atoms with Gasteiger partial charge in [-0.15, -0.1) is 0 Å². The maximum Gasteiger partial charge on any atom is 0.387 e. The monoisotopic (exact) mass is 312 g/mol. The van der Waals surface area contributed by atoms with Crippen LogP contribution in [0.5, 0.6) is 5.75 Å². The Labute approximate surface area is 129 Å². The molecule has 0 saturated carbocycles. The van der Waals surface area contributed by atoms with Crippen molar-refractivity contribution in [3.63, 3.8) is 0 Å². The normalized spacial score (nSPS) is 19.3. The summed E-state index contributed by atoms with van der Waals surface area (Å²) in [5.41, 5.74) is 0.642. The van der Waals surface area contributed by atoms with Crippen LogP contribution in [0.4, 0.5) is 14.5 Å². The number of hydrogen-bond acceptors (Lipinski definition) is 3. The maximum atomic E-state index is 12.5. The molecule has 0 aromatic heterocycles. The number of amides is 1. The van der Waals surface area contributed by atoms with E-state index in [0.717, 1.165) is 12.8 Å². The van der Waals surface area contributed by atoms with Gasteiger partial charge in [-0.05, 0) is 25.0 Å². The van der Waals surface area contributed by atoms with Gasteiger partial charge in [0.25, 0.3) is 0 Å². The van der Waals surface area contributed by atoms with Gasteiger partial charge in [0.15, 0.2) is 0 Å². The van der Waals surface area contributed by atoms with Gasteiger partial charge in [0.1, 0.15) is 5.75 Å². The van der Waals surface area contributed by atoms with Crippen LogP contribution in [0, 0.1) is 5.92 Å². The number of para-hydroxylation sites is 2. The minimum atomic E-state index is -2.84. The Morgan fingerprint density at radius 2 is 2.18 bits per heavy atom. The second kappa shape index (κ2) is 7.42. The summed E-state index contributed by atoms with van der Waals surface area (Å²) in [6.07, 6.45) is 1.60. The molecule has 2 unspecified atom stereocenters. The molecule has 0 aliphatic carbocycles. The molecule has 1 heterocycles. The molecule has 4 nitrogen and oxygen atoms in total. The van der Waals surface area contributed by atoms with Crippen molar-refractivity contribution in [2.75, 3.05) is 18.0 Å². The van der Waals surface area contributed by atoms with Gasteiger partial charge in [-0.25, -0.2) is 0 Å². The summed E-state index contributed by atoms with van der Waals surface area (Å²) in [6, 6.07) is 6.79. The molecule has 0 radical (unpaired) electrons. The molecule has 22 heavy (non-hydrogen) atoms. The number of halogens is 2. The van der Waals surface area contributed by atoms with E-state index in [0.29, 0.717) is 18.8 Å². The topological polar surface area (TPSA) is 41.6 Å². The zero-order valence-corrected chi connectivity index (χ0v) is 12.9. The molecule has 6 heteroatoms. The number of carbonyl (C=O) groups excluding carboxylic acids is 1. The first kappa shape index (κ1) is 16.5. The van der Waals surface area contributed by atoms with E-state index in [9.17, 15) is 13.6 Å². The zero-order valence-electron chi connectivity index (χ0n) is 12.9. The predicted octanol–water partition coefficient (Wildman–Crippen LogP) is 3.03. The average molecular weight is 312 g/mol. The molecule has 0 spiro atoms. The molecule has 1 saturated heterocycles. The summed E-state index contributed by atoms with van der Waals surface area (Å²) < 4.78 is 29.5. The maximum absolute atomic E-state index is 12.5. The SMILES string of the molecule is CCC(C)C(=O)NC1CCN(c2ccccc2OC(F)F)C1. The van der Waals surface area contributed by atoms with Crippen molar-refractivity contribution in [2.45, 2.75) is 39.3 Å². The van der Waals surface area contributed by atoms with E-state index in [-0.39, 0.29) is 23.6 Å². The zero-order chi connectivity index (χ0) is 16.1. The van der Waals surface area contributed by atoms with Crippen LogP contribution in [-0.2, 0) is 4.79 Å². The van der Waals surface area contributed by atoms with Gasteiger partial charge in [-0.3, -0.25) is 4.79 Å². The summed E-state index contributed by atoms with van der Waals surface area (Å²) in [4.78, 5) is 13.9. The van der Waals surface area contributed by atoms with Gasteiger partial charge < -0.3 is 15.0 Å². The van der Waals surface area contributed by atoms with Crippen LogP contribution in [0.3, 0.4) is 0 Å². The highest BCUT2D eigenvalue weighted by Crippen LogP contribution is 2.31. The highest BCUT2D eigenvalue weighted by Gasteiger charge is 2.27. The van der Waals surface area contributed by atoms with Crippen LogP contribution >= 0.6 is 0 Å². The fraction of sp³-hybridized carbons (Fsp3) is 0.562. The van der Waals surface area contributed by atoms with Crippen LogP contribution in [0.1, 0.15) is 26.7 Å². The highest BCUT2D eigenvalue weighted by atomic mass is 19.3. The Morgan fingerprint density at radius 3 is 2.86 bits per heavy atom. The lowest BCUT2D eigenvalue weighted by Crippen LogP contribution is -2.39. The van der Waals surface area contributed by atoms with Gasteiger partial charge in [-0.2, -0.15) is 8.78 Å². The van der Waals surface area contributed by atoms with Gasteiger partial charge in [0.2, 0.25) is 5.91 Å². The van der Waals surface area contributed by atoms with Crippen molar-refractivity contribution in [1.82, 2.24) is 5.32 Å². The van der Waals surface area contributed by atoms with Gasteiger partial charge in [-0.1, -0.05) is 26.0 Å². The predicted molar refractivity (Wildman–Crippen MR) is 81.3 cm³/mol. The van der Waals surface area contributed by atoms with Crippen molar-refractivity contribution >= 4 is 11.6 Å². The molecule has 1 aromatic carbocycles. The average Bonchev–Trinajstić information content (AvgIpc) is 2.94. The molecule has 2 rings (SSSR count). The van der Waals surface area contributed by atoms with E-state index < -0.39 is 6.61 Å². The molecular weight excluding hydrogens is 290 g/mol. The number of alkyl halides is 2. The van der Waals surface area contributed by atoms with E-state index in [1.165, 1.54) is 6.07 Å². The Bertz CT molecular complexity index is 511. The Morgan fingerprint density at radius 1 is 1.45 bits per heavy atom. The van der Waals surface area contributed by atoms with Gasteiger partial charge in [0, 0.05) is 25.0 Å². The minimum Gasteiger partial charge on any atom is -0.433 e. The smallest absolute Gasteiger partial charge is 0.387 e. The standard InChI is InChI=1S/C16H22F2N2O2/c1-3-11(2)15(21)19-12-8-9-20(10-12)13-6-4-5-7-14(13)22-16(17)18/h4-7,11-12,16H,3,8-10H2,1-2H3,(H,19,21). The van der Waals surface area contributed by atoms with Crippen LogP contribution in [0.25, 0.3) is 0 Å². The van der Waals surface area contributed by atoms with Crippen LogP contribution in [-0.4, -0.2) is 31.7 Å². The first-order valence-corrected chi connectivity index (χ1v) is 7.60. The second-order valence-corrected chi connectivity index (χ2v) is 5.60. The number of rotatable bonds is 6. The number of nitrogens with one attached hydrogen (secondary N) is 1. The van der Waals surface area contributed by atoms with Gasteiger partial charge in [0.05, 0.1) is 5.69 Å². The molecule has 1 aromatic rings. The van der Waals surface area contributed by atoms with E-state index in [1.54, 1.807) is 18.2 Å². The third-order valence-corrected chi connectivity index (χ3v) is 4.02. The first-order valence-electron chi connectivity index (χ1n) is 7.60. The molecule has 1 aliphatic heterocycles. The quantitative estimate of drug-likeness (QED) is 0.878. The van der Waals surface area contributed by atoms with Crippen molar-refractivity contribution in [1.29, 1.82) is 0 Å². The summed E-state index contributed by atoms with van der Waals surface area (Å²) in [5, 5.41) is 3.02. The molecule has 1 aliphatic rings. The van der Waals surface area contributed by atoms with E-state index >= 15 is 0 Å². The van der Waals surface area contributed by atoms with E-state index in [2.05, 4.69) is 10.1 Å². The minimum absolute atomic E-state index is 0.0106. The molecular formula is C16H22F2N2O2. The van der Waals surface area contributed by atoms with E-state index in [1.807, 2.05) is 18.7 Å². The fourth-order valence-electron chi connectivity index (χ4n) is 2.54. The number of anilines is 1. The molecule has 122 valence electrons. The van der Waals surface area contributed by atoms with Gasteiger partial charge >= 0.3 is 6.61 Å². The van der Waals surface area contributed by atoms with Crippen LogP contribution in [0.2, 0.25) is 0 Å². The van der Waals surface area contributed by atoms with Crippen molar-refractivity contribution < 1.29 is 18.3 Å². The molecule has 0 bridgehead atoms. The third-order valence-electron chi connectivity index (χ3n) is 4.02. The Hall–Kier alpha value is -1.85. The fourth-order valence-corrected chi connectivity index (χ4v) is 2.54. The Kier molecular flexibility index (Phi) is 5.57. The highest BCUT2D eigenvalue weighted by molar-refractivity contribution is 5.78. The number of ether oxygens (including phenoxy) is 1. The molecule has 1 N–H and O–H groups in total. The number of hydrogen-bond donors (Lipinski definition) is 1. The van der Waals surface area contributed by atoms with Crippen molar-refractivity contribution in [3.05, 3.63) is 24.3 Å². The number of benzene rings is 1. The summed E-state index contributed by atoms with van der Waals surface area (Å²) >= 11 is 0. The lowest BCUT2D eigenvalue weighted by atomic mass is 10.1. The molecule has 1 amide bonds. The van der Waals surface area contributed by atoms with E-state index in [4.69, 9.17) is 0 Å². The van der Waals surface area contributed by atoms with Crippen molar-refractivity contribution in [2.24, 2.45) is 5.92 Å². The molecule has 2 atom stereocenters. The van der Waals surface area contributed by atoms with Crippen LogP contribution < -0.4 is 15.0 Å². The van der Waals surface area contributed by atoms with Crippen LogP contribution in [0.15, 0.2) is 24.3 Å². The first-order chi connectivity index (χ1) is 10.5. The molecule has 1 fully saturated rings. The lowest BCUT2D eigenvalue weighted by molar-refractivity contribution is -0.125. The largest absolute Gasteiger partial charge is 0.433 e. The Balaban J connectivity index is 2.00. The lowest BCUT2D eigenvalue weighted by Gasteiger charge is -2.22.